The monoisotopic (exact) mass is 101 g/mol. The van der Waals surface area contributed by atoms with Gasteiger partial charge in [0.2, 0.25) is 0 Å². The van der Waals surface area contributed by atoms with E-state index in [1.165, 1.54) is 6.19 Å². The van der Waals surface area contributed by atoms with Crippen molar-refractivity contribution in [2.45, 2.75) is 0 Å². The zero-order chi connectivity index (χ0) is 6.28. The molecule has 40 valence electrons. The third-order valence-electron chi connectivity index (χ3n) is 0. The van der Waals surface area contributed by atoms with Gasteiger partial charge in [0.05, 0.1) is 0 Å². The molecular formula is C2H7N5. The number of guanidine groups is 1. The minimum absolute atomic E-state index is 0.333. The summed E-state index contributed by atoms with van der Waals surface area (Å²) in [6, 6.07) is 0. The van der Waals surface area contributed by atoms with Crippen LogP contribution < -0.4 is 17.2 Å². The summed E-state index contributed by atoms with van der Waals surface area (Å²) in [5.74, 6) is -0.333. The van der Waals surface area contributed by atoms with Crippen LogP contribution in [0, 0.1) is 16.9 Å². The Balaban J connectivity index is 0. The van der Waals surface area contributed by atoms with E-state index in [1.54, 1.807) is 0 Å². The fraction of sp³-hybridized carbons (Fsp3) is 0. The van der Waals surface area contributed by atoms with Gasteiger partial charge in [0.25, 0.3) is 0 Å². The molecule has 0 saturated heterocycles. The lowest BCUT2D eigenvalue weighted by Crippen LogP contribution is -2.20. The molecule has 0 heterocycles. The minimum atomic E-state index is -0.333. The summed E-state index contributed by atoms with van der Waals surface area (Å²) in [4.78, 5) is 0. The van der Waals surface area contributed by atoms with E-state index in [4.69, 9.17) is 10.7 Å². The maximum atomic E-state index is 7.10. The van der Waals surface area contributed by atoms with E-state index in [9.17, 15) is 0 Å². The van der Waals surface area contributed by atoms with E-state index >= 15 is 0 Å². The zero-order valence-corrected chi connectivity index (χ0v) is 3.68. The molecule has 5 nitrogen and oxygen atoms in total. The van der Waals surface area contributed by atoms with Crippen molar-refractivity contribution in [1.29, 1.82) is 10.7 Å². The molecule has 0 bridgehead atoms. The van der Waals surface area contributed by atoms with Gasteiger partial charge in [0.1, 0.15) is 0 Å². The third-order valence-corrected chi connectivity index (χ3v) is 0. The Bertz CT molecular complexity index is 74.6. The maximum Gasteiger partial charge on any atom is 0.183 e. The average molecular weight is 101 g/mol. The van der Waals surface area contributed by atoms with Crippen molar-refractivity contribution in [1.82, 2.24) is 0 Å². The highest BCUT2D eigenvalue weighted by Gasteiger charge is 1.52. The SMILES string of the molecule is N#CN.N=C(N)N. The zero-order valence-electron chi connectivity index (χ0n) is 3.68. The predicted molar refractivity (Wildman–Crippen MR) is 25.9 cm³/mol. The summed E-state index contributed by atoms with van der Waals surface area (Å²) in [7, 11) is 0. The second kappa shape index (κ2) is 8.82. The lowest BCUT2D eigenvalue weighted by molar-refractivity contribution is 1.39. The van der Waals surface area contributed by atoms with Gasteiger partial charge >= 0.3 is 0 Å². The van der Waals surface area contributed by atoms with Gasteiger partial charge in [-0.3, -0.25) is 5.41 Å². The molecule has 0 saturated carbocycles. The van der Waals surface area contributed by atoms with Crippen molar-refractivity contribution >= 4 is 5.96 Å². The molecule has 0 radical (unpaired) electrons. The molecule has 0 aromatic rings. The predicted octanol–water partition coefficient (Wildman–Crippen LogP) is -1.74. The molecule has 7 heavy (non-hydrogen) atoms. The molecule has 0 fully saturated rings. The molecule has 0 aromatic heterocycles. The van der Waals surface area contributed by atoms with Gasteiger partial charge in [-0.25, -0.2) is 0 Å². The van der Waals surface area contributed by atoms with Gasteiger partial charge in [0, 0.05) is 0 Å². The van der Waals surface area contributed by atoms with Crippen molar-refractivity contribution in [3.63, 3.8) is 0 Å². The van der Waals surface area contributed by atoms with Crippen LogP contribution in [0.1, 0.15) is 0 Å². The first-order valence-electron chi connectivity index (χ1n) is 1.34. The van der Waals surface area contributed by atoms with Crippen LogP contribution in [-0.2, 0) is 0 Å². The van der Waals surface area contributed by atoms with E-state index < -0.39 is 0 Å². The fourth-order valence-corrected chi connectivity index (χ4v) is 0. The van der Waals surface area contributed by atoms with Crippen molar-refractivity contribution in [3.05, 3.63) is 0 Å². The Hall–Kier alpha value is -1.44. The molecule has 0 rings (SSSR count). The quantitative estimate of drug-likeness (QED) is 0.125. The summed E-state index contributed by atoms with van der Waals surface area (Å²) in [5, 5.41) is 13.2. The highest BCUT2D eigenvalue weighted by Crippen LogP contribution is 1.13. The fourth-order valence-electron chi connectivity index (χ4n) is 0. The van der Waals surface area contributed by atoms with Gasteiger partial charge in [-0.2, -0.15) is 5.26 Å². The first-order chi connectivity index (χ1) is 3.15. The maximum absolute atomic E-state index is 7.10. The summed E-state index contributed by atoms with van der Waals surface area (Å²) in [6.45, 7) is 0. The number of nitriles is 1. The Morgan fingerprint density at radius 1 is 1.57 bits per heavy atom. The summed E-state index contributed by atoms with van der Waals surface area (Å²) in [5.41, 5.74) is 13.1. The molecule has 0 unspecified atom stereocenters. The van der Waals surface area contributed by atoms with Crippen molar-refractivity contribution in [2.24, 2.45) is 17.2 Å². The van der Waals surface area contributed by atoms with E-state index in [-0.39, 0.29) is 5.96 Å². The van der Waals surface area contributed by atoms with E-state index in [1.807, 2.05) is 0 Å². The van der Waals surface area contributed by atoms with Crippen LogP contribution in [-0.4, -0.2) is 5.96 Å². The van der Waals surface area contributed by atoms with Gasteiger partial charge in [-0.1, -0.05) is 0 Å². The van der Waals surface area contributed by atoms with Crippen molar-refractivity contribution < 1.29 is 0 Å². The molecule has 5 heteroatoms. The normalized spacial score (nSPS) is 4.43. The molecule has 0 aliphatic rings. The molecule has 0 aromatic carbocycles. The largest absolute Gasteiger partial charge is 0.370 e. The van der Waals surface area contributed by atoms with E-state index in [0.717, 1.165) is 0 Å². The highest BCUT2D eigenvalue weighted by molar-refractivity contribution is 5.71. The van der Waals surface area contributed by atoms with E-state index in [2.05, 4.69) is 17.2 Å². The molecule has 0 atom stereocenters. The number of nitrogens with zero attached hydrogens (tertiary/aromatic N) is 1. The molecule has 0 spiro atoms. The van der Waals surface area contributed by atoms with Crippen LogP contribution in [0.2, 0.25) is 0 Å². The molecule has 0 aliphatic heterocycles. The Morgan fingerprint density at radius 2 is 1.57 bits per heavy atom. The standard InChI is InChI=1S/CH5N3.CH2N2/c2-1(3)4;2-1-3/h(H5,2,3,4);2H2. The average Bonchev–Trinajstić information content (AvgIpc) is 1.33. The van der Waals surface area contributed by atoms with Gasteiger partial charge in [-0.05, 0) is 0 Å². The third kappa shape index (κ3) is 14.4. The minimum Gasteiger partial charge on any atom is -0.370 e. The van der Waals surface area contributed by atoms with Gasteiger partial charge < -0.3 is 17.2 Å². The van der Waals surface area contributed by atoms with E-state index in [0.29, 0.717) is 0 Å². The summed E-state index contributed by atoms with van der Waals surface area (Å²) < 4.78 is 0. The lowest BCUT2D eigenvalue weighted by atomic mass is 11.1. The Labute approximate surface area is 41.2 Å². The topological polar surface area (TPSA) is 126 Å². The first kappa shape index (κ1) is 9.12. The van der Waals surface area contributed by atoms with Crippen LogP contribution >= 0.6 is 0 Å². The summed E-state index contributed by atoms with van der Waals surface area (Å²) >= 11 is 0. The smallest absolute Gasteiger partial charge is 0.183 e. The number of hydrogen-bond acceptors (Lipinski definition) is 3. The Morgan fingerprint density at radius 3 is 1.57 bits per heavy atom. The van der Waals surface area contributed by atoms with Crippen LogP contribution in [0.3, 0.4) is 0 Å². The van der Waals surface area contributed by atoms with Crippen LogP contribution in [0.4, 0.5) is 0 Å². The second-order valence-corrected chi connectivity index (χ2v) is 0.584. The number of nitrogens with two attached hydrogens (primary N) is 3. The van der Waals surface area contributed by atoms with Crippen LogP contribution in [0.25, 0.3) is 0 Å². The number of nitrogens with one attached hydrogen (secondary N) is 1. The molecule has 0 amide bonds. The Kier molecular flexibility index (Phi) is 11.5. The number of rotatable bonds is 0. The van der Waals surface area contributed by atoms with Crippen molar-refractivity contribution in [3.8, 4) is 6.19 Å². The molecular weight excluding hydrogens is 94.1 g/mol. The van der Waals surface area contributed by atoms with Crippen LogP contribution in [0.5, 0.6) is 0 Å². The van der Waals surface area contributed by atoms with Crippen LogP contribution in [0.15, 0.2) is 0 Å². The van der Waals surface area contributed by atoms with Gasteiger partial charge in [-0.15, -0.1) is 0 Å². The van der Waals surface area contributed by atoms with Crippen molar-refractivity contribution in [2.75, 3.05) is 0 Å². The second-order valence-electron chi connectivity index (χ2n) is 0.584. The van der Waals surface area contributed by atoms with Gasteiger partial charge in [0.15, 0.2) is 12.2 Å². The lowest BCUT2D eigenvalue weighted by Gasteiger charge is -1.69. The summed E-state index contributed by atoms with van der Waals surface area (Å²) in [6.07, 6.45) is 1.25. The molecule has 7 N–H and O–H groups in total. The first-order valence-corrected chi connectivity index (χ1v) is 1.34. The highest BCUT2D eigenvalue weighted by atomic mass is 14.9. The number of hydrogen-bond donors (Lipinski definition) is 4. The molecule has 0 aliphatic carbocycles.